The molecule has 1 amide bonds. The maximum absolute atomic E-state index is 11.7. The molecule has 0 radical (unpaired) electrons. The van der Waals surface area contributed by atoms with Crippen LogP contribution in [-0.4, -0.2) is 46.5 Å². The number of carboxylic acids is 1. The summed E-state index contributed by atoms with van der Waals surface area (Å²) in [6.07, 6.45) is 0. The minimum absolute atomic E-state index is 0.368. The molecule has 1 aliphatic carbocycles. The van der Waals surface area contributed by atoms with Gasteiger partial charge >= 0.3 is 5.97 Å². The van der Waals surface area contributed by atoms with Crippen LogP contribution in [0.2, 0.25) is 0 Å². The molecule has 0 bridgehead atoms. The Morgan fingerprint density at radius 2 is 1.75 bits per heavy atom. The Morgan fingerprint density at radius 3 is 2.06 bits per heavy atom. The quantitative estimate of drug-likeness (QED) is 0.476. The van der Waals surface area contributed by atoms with Crippen molar-refractivity contribution >= 4 is 11.9 Å². The Labute approximate surface area is 93.3 Å². The van der Waals surface area contributed by atoms with Gasteiger partial charge in [-0.05, 0) is 5.41 Å². The summed E-state index contributed by atoms with van der Waals surface area (Å²) in [6, 6.07) is -0.724. The molecule has 1 fully saturated rings. The van der Waals surface area contributed by atoms with Crippen LogP contribution < -0.4 is 5.32 Å². The van der Waals surface area contributed by atoms with Gasteiger partial charge in [0.05, 0.1) is 31.1 Å². The molecule has 0 aromatic heterocycles. The topological polar surface area (TPSA) is 107 Å². The second-order valence-electron chi connectivity index (χ2n) is 4.69. The first kappa shape index (κ1) is 12.9. The molecule has 0 heterocycles. The first-order chi connectivity index (χ1) is 7.36. The fraction of sp³-hybridized carbons (Fsp3) is 0.800. The van der Waals surface area contributed by atoms with Crippen LogP contribution in [0.15, 0.2) is 0 Å². The number of aliphatic carboxylic acids is 1. The molecule has 6 nitrogen and oxygen atoms in total. The Kier molecular flexibility index (Phi) is 3.54. The van der Waals surface area contributed by atoms with E-state index < -0.39 is 35.2 Å². The van der Waals surface area contributed by atoms with E-state index in [1.165, 1.54) is 0 Å². The van der Waals surface area contributed by atoms with Crippen molar-refractivity contribution in [3.8, 4) is 0 Å². The lowest BCUT2D eigenvalue weighted by Gasteiger charge is -2.13. The van der Waals surface area contributed by atoms with E-state index in [4.69, 9.17) is 15.3 Å². The highest BCUT2D eigenvalue weighted by atomic mass is 16.4. The Hall–Kier alpha value is -1.14. The van der Waals surface area contributed by atoms with E-state index in [0.29, 0.717) is 0 Å². The highest BCUT2D eigenvalue weighted by Crippen LogP contribution is 2.58. The van der Waals surface area contributed by atoms with Crippen LogP contribution in [0.4, 0.5) is 0 Å². The average Bonchev–Trinajstić information content (AvgIpc) is 2.78. The van der Waals surface area contributed by atoms with E-state index in [-0.39, 0.29) is 13.2 Å². The van der Waals surface area contributed by atoms with Gasteiger partial charge < -0.3 is 20.6 Å². The minimum Gasteiger partial charge on any atom is -0.481 e. The Morgan fingerprint density at radius 1 is 1.25 bits per heavy atom. The molecule has 0 aromatic carbocycles. The van der Waals surface area contributed by atoms with Crippen molar-refractivity contribution < 1.29 is 24.9 Å². The number of hydrogen-bond donors (Lipinski definition) is 4. The number of aliphatic hydroxyl groups is 2. The highest BCUT2D eigenvalue weighted by molar-refractivity contribution is 5.91. The van der Waals surface area contributed by atoms with E-state index in [1.54, 1.807) is 13.8 Å². The average molecular weight is 231 g/mol. The second kappa shape index (κ2) is 4.39. The summed E-state index contributed by atoms with van der Waals surface area (Å²) in [5.74, 6) is -2.70. The molecule has 0 spiro atoms. The van der Waals surface area contributed by atoms with Crippen LogP contribution in [0.25, 0.3) is 0 Å². The highest BCUT2D eigenvalue weighted by Gasteiger charge is 2.65. The Balaban J connectivity index is 2.60. The maximum atomic E-state index is 11.7. The minimum atomic E-state index is -0.991. The molecule has 16 heavy (non-hydrogen) atoms. The van der Waals surface area contributed by atoms with Gasteiger partial charge in [0.15, 0.2) is 0 Å². The predicted octanol–water partition coefficient (Wildman–Crippen LogP) is -1.19. The van der Waals surface area contributed by atoms with E-state index in [1.807, 2.05) is 0 Å². The van der Waals surface area contributed by atoms with Crippen molar-refractivity contribution in [2.45, 2.75) is 19.9 Å². The fourth-order valence-electron chi connectivity index (χ4n) is 2.03. The third-order valence-corrected chi connectivity index (χ3v) is 3.16. The Bertz CT molecular complexity index is 298. The molecule has 2 unspecified atom stereocenters. The predicted molar refractivity (Wildman–Crippen MR) is 54.5 cm³/mol. The molecule has 1 rings (SSSR count). The molecule has 0 aromatic rings. The number of carbonyl (C=O) groups excluding carboxylic acids is 1. The van der Waals surface area contributed by atoms with Crippen molar-refractivity contribution in [2.24, 2.45) is 17.3 Å². The van der Waals surface area contributed by atoms with Crippen LogP contribution in [0.5, 0.6) is 0 Å². The van der Waals surface area contributed by atoms with Gasteiger partial charge in [-0.3, -0.25) is 9.59 Å². The standard InChI is InChI=1S/C10H17NO5/c1-10(2)6(7(10)9(15)16)8(14)11-5(3-12)4-13/h5-7,12-13H,3-4H2,1-2H3,(H,11,14)(H,15,16). The number of hydrogen-bond acceptors (Lipinski definition) is 4. The van der Waals surface area contributed by atoms with Crippen molar-refractivity contribution in [3.63, 3.8) is 0 Å². The zero-order valence-electron chi connectivity index (χ0n) is 9.30. The first-order valence-electron chi connectivity index (χ1n) is 5.11. The SMILES string of the molecule is CC1(C)C(C(=O)O)C1C(=O)NC(CO)CO. The third-order valence-electron chi connectivity index (χ3n) is 3.16. The van der Waals surface area contributed by atoms with Crippen LogP contribution in [0.3, 0.4) is 0 Å². The molecule has 6 heteroatoms. The largest absolute Gasteiger partial charge is 0.481 e. The molecular weight excluding hydrogens is 214 g/mol. The monoisotopic (exact) mass is 231 g/mol. The molecule has 92 valence electrons. The molecular formula is C10H17NO5. The first-order valence-corrected chi connectivity index (χ1v) is 5.11. The number of carboxylic acid groups (broad SMARTS) is 1. The van der Waals surface area contributed by atoms with Crippen molar-refractivity contribution in [2.75, 3.05) is 13.2 Å². The third kappa shape index (κ3) is 2.17. The smallest absolute Gasteiger partial charge is 0.307 e. The molecule has 0 aliphatic heterocycles. The van der Waals surface area contributed by atoms with Crippen LogP contribution >= 0.6 is 0 Å². The number of aliphatic hydroxyl groups excluding tert-OH is 2. The molecule has 2 atom stereocenters. The van der Waals surface area contributed by atoms with Gasteiger partial charge in [-0.25, -0.2) is 0 Å². The van der Waals surface area contributed by atoms with Gasteiger partial charge in [-0.15, -0.1) is 0 Å². The van der Waals surface area contributed by atoms with Gasteiger partial charge in [0, 0.05) is 0 Å². The summed E-state index contributed by atoms with van der Waals surface area (Å²) in [5, 5.41) is 28.9. The summed E-state index contributed by atoms with van der Waals surface area (Å²) in [6.45, 7) is 2.69. The van der Waals surface area contributed by atoms with E-state index in [2.05, 4.69) is 5.32 Å². The lowest BCUT2D eigenvalue weighted by Crippen LogP contribution is -2.41. The maximum Gasteiger partial charge on any atom is 0.307 e. The number of amides is 1. The van der Waals surface area contributed by atoms with Crippen molar-refractivity contribution in [1.29, 1.82) is 0 Å². The molecule has 4 N–H and O–H groups in total. The van der Waals surface area contributed by atoms with Crippen LogP contribution in [0.1, 0.15) is 13.8 Å². The van der Waals surface area contributed by atoms with Gasteiger partial charge in [-0.2, -0.15) is 0 Å². The van der Waals surface area contributed by atoms with Gasteiger partial charge in [0.25, 0.3) is 0 Å². The van der Waals surface area contributed by atoms with Gasteiger partial charge in [-0.1, -0.05) is 13.8 Å². The van der Waals surface area contributed by atoms with E-state index in [9.17, 15) is 9.59 Å². The number of nitrogens with one attached hydrogen (secondary N) is 1. The van der Waals surface area contributed by atoms with Crippen LogP contribution in [0, 0.1) is 17.3 Å². The van der Waals surface area contributed by atoms with E-state index in [0.717, 1.165) is 0 Å². The summed E-state index contributed by atoms with van der Waals surface area (Å²) in [4.78, 5) is 22.5. The second-order valence-corrected chi connectivity index (χ2v) is 4.69. The van der Waals surface area contributed by atoms with Gasteiger partial charge in [0.1, 0.15) is 0 Å². The summed E-state index contributed by atoms with van der Waals surface area (Å²) >= 11 is 0. The van der Waals surface area contributed by atoms with Crippen molar-refractivity contribution in [3.05, 3.63) is 0 Å². The normalized spacial score (nSPS) is 26.6. The molecule has 0 saturated heterocycles. The summed E-state index contributed by atoms with van der Waals surface area (Å²) < 4.78 is 0. The number of rotatable bonds is 5. The van der Waals surface area contributed by atoms with E-state index >= 15 is 0 Å². The lowest BCUT2D eigenvalue weighted by atomic mass is 10.1. The summed E-state index contributed by atoms with van der Waals surface area (Å²) in [5.41, 5.74) is -0.564. The lowest BCUT2D eigenvalue weighted by molar-refractivity contribution is -0.140. The zero-order valence-corrected chi connectivity index (χ0v) is 9.30. The molecule has 1 saturated carbocycles. The van der Waals surface area contributed by atoms with Crippen molar-refractivity contribution in [1.82, 2.24) is 5.32 Å². The number of carbonyl (C=O) groups is 2. The van der Waals surface area contributed by atoms with Crippen LogP contribution in [-0.2, 0) is 9.59 Å². The zero-order chi connectivity index (χ0) is 12.5. The fourth-order valence-corrected chi connectivity index (χ4v) is 2.03. The van der Waals surface area contributed by atoms with Gasteiger partial charge in [0.2, 0.25) is 5.91 Å². The molecule has 1 aliphatic rings. The summed E-state index contributed by atoms with van der Waals surface area (Å²) in [7, 11) is 0.